The first-order valence-corrected chi connectivity index (χ1v) is 5.22. The summed E-state index contributed by atoms with van der Waals surface area (Å²) in [7, 11) is 0. The van der Waals surface area contributed by atoms with Gasteiger partial charge >= 0.3 is 0 Å². The monoisotopic (exact) mass is 195 g/mol. The fourth-order valence-electron chi connectivity index (χ4n) is 1.96. The van der Waals surface area contributed by atoms with Crippen LogP contribution in [0.4, 0.5) is 0 Å². The van der Waals surface area contributed by atoms with E-state index >= 15 is 0 Å². The molecule has 0 saturated heterocycles. The lowest BCUT2D eigenvalue weighted by Crippen LogP contribution is -2.17. The van der Waals surface area contributed by atoms with Crippen molar-refractivity contribution in [3.8, 4) is 0 Å². The van der Waals surface area contributed by atoms with Crippen molar-refractivity contribution < 1.29 is 4.74 Å². The molecule has 0 fully saturated rings. The number of hydrogen-bond acceptors (Lipinski definition) is 3. The van der Waals surface area contributed by atoms with Gasteiger partial charge in [0.1, 0.15) is 11.9 Å². The molecule has 2 rings (SSSR count). The molecular weight excluding hydrogens is 178 g/mol. The van der Waals surface area contributed by atoms with Crippen molar-refractivity contribution in [2.45, 2.75) is 39.0 Å². The van der Waals surface area contributed by atoms with Crippen LogP contribution >= 0.6 is 0 Å². The molecule has 1 unspecified atom stereocenters. The van der Waals surface area contributed by atoms with Crippen LogP contribution in [0.1, 0.15) is 37.4 Å². The summed E-state index contributed by atoms with van der Waals surface area (Å²) in [5, 5.41) is 0. The maximum Gasteiger partial charge on any atom is 0.138 e. The van der Waals surface area contributed by atoms with Crippen LogP contribution in [0.15, 0.2) is 6.20 Å². The van der Waals surface area contributed by atoms with Crippen molar-refractivity contribution in [3.63, 3.8) is 0 Å². The summed E-state index contributed by atoms with van der Waals surface area (Å²) >= 11 is 0. The Morgan fingerprint density at radius 3 is 3.29 bits per heavy atom. The minimum Gasteiger partial charge on any atom is -0.371 e. The van der Waals surface area contributed by atoms with E-state index in [0.29, 0.717) is 6.54 Å². The smallest absolute Gasteiger partial charge is 0.138 e. The molecule has 1 aliphatic rings. The number of rotatable bonds is 3. The van der Waals surface area contributed by atoms with Gasteiger partial charge in [0.25, 0.3) is 0 Å². The van der Waals surface area contributed by atoms with Gasteiger partial charge in [0.15, 0.2) is 0 Å². The van der Waals surface area contributed by atoms with Gasteiger partial charge in [-0.1, -0.05) is 0 Å². The third kappa shape index (κ3) is 1.67. The SMILES string of the molecule is CCOC1CCCn2cc(CN)nc21. The molecule has 0 bridgehead atoms. The van der Waals surface area contributed by atoms with E-state index in [1.54, 1.807) is 0 Å². The Morgan fingerprint density at radius 2 is 2.57 bits per heavy atom. The lowest BCUT2D eigenvalue weighted by molar-refractivity contribution is 0.0366. The normalized spacial score (nSPS) is 20.9. The minimum atomic E-state index is 0.175. The summed E-state index contributed by atoms with van der Waals surface area (Å²) in [5.41, 5.74) is 6.53. The van der Waals surface area contributed by atoms with Crippen LogP contribution in [0.25, 0.3) is 0 Å². The van der Waals surface area contributed by atoms with Crippen LogP contribution in [0.5, 0.6) is 0 Å². The molecule has 14 heavy (non-hydrogen) atoms. The maximum atomic E-state index is 5.64. The Hall–Kier alpha value is -0.870. The van der Waals surface area contributed by atoms with Crippen LogP contribution in [-0.2, 0) is 17.8 Å². The fraction of sp³-hybridized carbons (Fsp3) is 0.700. The van der Waals surface area contributed by atoms with Crippen molar-refractivity contribution in [2.75, 3.05) is 6.61 Å². The van der Waals surface area contributed by atoms with E-state index in [0.717, 1.165) is 37.5 Å². The second-order valence-corrected chi connectivity index (χ2v) is 3.57. The zero-order valence-electron chi connectivity index (χ0n) is 8.57. The number of nitrogens with zero attached hydrogens (tertiary/aromatic N) is 2. The maximum absolute atomic E-state index is 5.64. The second kappa shape index (κ2) is 4.11. The number of aryl methyl sites for hydroxylation is 1. The number of nitrogens with two attached hydrogens (primary N) is 1. The Bertz CT molecular complexity index is 308. The molecule has 0 amide bonds. The summed E-state index contributed by atoms with van der Waals surface area (Å²) < 4.78 is 7.82. The highest BCUT2D eigenvalue weighted by atomic mass is 16.5. The molecular formula is C10H17N3O. The van der Waals surface area contributed by atoms with E-state index in [2.05, 4.69) is 9.55 Å². The molecule has 1 aromatic rings. The fourth-order valence-corrected chi connectivity index (χ4v) is 1.96. The Labute approximate surface area is 84.1 Å². The molecule has 0 aliphatic carbocycles. The van der Waals surface area contributed by atoms with Crippen molar-refractivity contribution in [1.29, 1.82) is 0 Å². The summed E-state index contributed by atoms with van der Waals surface area (Å²) in [6.45, 7) is 4.33. The lowest BCUT2D eigenvalue weighted by atomic mass is 10.1. The summed E-state index contributed by atoms with van der Waals surface area (Å²) in [6, 6.07) is 0. The van der Waals surface area contributed by atoms with E-state index in [-0.39, 0.29) is 6.10 Å². The number of imidazole rings is 1. The first kappa shape index (κ1) is 9.68. The average Bonchev–Trinajstić information content (AvgIpc) is 2.62. The molecule has 4 nitrogen and oxygen atoms in total. The third-order valence-corrected chi connectivity index (χ3v) is 2.59. The molecule has 2 heterocycles. The predicted octanol–water partition coefficient (Wildman–Crippen LogP) is 1.21. The average molecular weight is 195 g/mol. The molecule has 2 N–H and O–H groups in total. The first-order chi connectivity index (χ1) is 6.85. The van der Waals surface area contributed by atoms with Crippen LogP contribution in [0.2, 0.25) is 0 Å². The van der Waals surface area contributed by atoms with Gasteiger partial charge in [-0.25, -0.2) is 4.98 Å². The van der Waals surface area contributed by atoms with Crippen molar-refractivity contribution in [2.24, 2.45) is 5.73 Å². The van der Waals surface area contributed by atoms with Gasteiger partial charge < -0.3 is 15.0 Å². The molecule has 1 aromatic heterocycles. The second-order valence-electron chi connectivity index (χ2n) is 3.57. The number of hydrogen-bond donors (Lipinski definition) is 1. The van der Waals surface area contributed by atoms with Gasteiger partial charge in [0.05, 0.1) is 5.69 Å². The van der Waals surface area contributed by atoms with E-state index in [4.69, 9.17) is 10.5 Å². The van der Waals surface area contributed by atoms with Gasteiger partial charge in [-0.15, -0.1) is 0 Å². The van der Waals surface area contributed by atoms with Gasteiger partial charge in [-0.2, -0.15) is 0 Å². The Balaban J connectivity index is 2.24. The molecule has 0 radical (unpaired) electrons. The standard InChI is InChI=1S/C10H17N3O/c1-2-14-9-4-3-5-13-7-8(6-11)12-10(9)13/h7,9H,2-6,11H2,1H3. The molecule has 4 heteroatoms. The zero-order valence-corrected chi connectivity index (χ0v) is 8.57. The van der Waals surface area contributed by atoms with Crippen LogP contribution in [0, 0.1) is 0 Å². The summed E-state index contributed by atoms with van der Waals surface area (Å²) in [6.07, 6.45) is 4.46. The van der Waals surface area contributed by atoms with Gasteiger partial charge in [-0.05, 0) is 19.8 Å². The minimum absolute atomic E-state index is 0.175. The zero-order chi connectivity index (χ0) is 9.97. The summed E-state index contributed by atoms with van der Waals surface area (Å²) in [4.78, 5) is 4.48. The van der Waals surface area contributed by atoms with Gasteiger partial charge in [-0.3, -0.25) is 0 Å². The molecule has 78 valence electrons. The number of ether oxygens (including phenoxy) is 1. The first-order valence-electron chi connectivity index (χ1n) is 5.22. The van der Waals surface area contributed by atoms with Crippen LogP contribution in [0.3, 0.4) is 0 Å². The molecule has 0 aromatic carbocycles. The van der Waals surface area contributed by atoms with E-state index in [1.165, 1.54) is 0 Å². The molecule has 1 aliphatic heterocycles. The van der Waals surface area contributed by atoms with Crippen molar-refractivity contribution in [1.82, 2.24) is 9.55 Å². The quantitative estimate of drug-likeness (QED) is 0.788. The van der Waals surface area contributed by atoms with Crippen molar-refractivity contribution in [3.05, 3.63) is 17.7 Å². The number of fused-ring (bicyclic) bond motifs is 1. The predicted molar refractivity (Wildman–Crippen MR) is 53.7 cm³/mol. The highest BCUT2D eigenvalue weighted by molar-refractivity contribution is 5.08. The van der Waals surface area contributed by atoms with Crippen LogP contribution in [-0.4, -0.2) is 16.2 Å². The van der Waals surface area contributed by atoms with Crippen molar-refractivity contribution >= 4 is 0 Å². The largest absolute Gasteiger partial charge is 0.371 e. The molecule has 1 atom stereocenters. The highest BCUT2D eigenvalue weighted by Crippen LogP contribution is 2.27. The van der Waals surface area contributed by atoms with E-state index in [9.17, 15) is 0 Å². The summed E-state index contributed by atoms with van der Waals surface area (Å²) in [5.74, 6) is 1.05. The third-order valence-electron chi connectivity index (χ3n) is 2.59. The van der Waals surface area contributed by atoms with Gasteiger partial charge in [0, 0.05) is 25.9 Å². The topological polar surface area (TPSA) is 53.1 Å². The lowest BCUT2D eigenvalue weighted by Gasteiger charge is -2.22. The highest BCUT2D eigenvalue weighted by Gasteiger charge is 2.22. The van der Waals surface area contributed by atoms with Crippen LogP contribution < -0.4 is 5.73 Å². The number of aromatic nitrogens is 2. The Kier molecular flexibility index (Phi) is 2.84. The Morgan fingerprint density at radius 1 is 1.71 bits per heavy atom. The molecule has 0 saturated carbocycles. The van der Waals surface area contributed by atoms with E-state index < -0.39 is 0 Å². The van der Waals surface area contributed by atoms with E-state index in [1.807, 2.05) is 13.1 Å². The molecule has 0 spiro atoms. The van der Waals surface area contributed by atoms with Gasteiger partial charge in [0.2, 0.25) is 0 Å².